The van der Waals surface area contributed by atoms with Gasteiger partial charge in [-0.3, -0.25) is 9.69 Å². The van der Waals surface area contributed by atoms with E-state index in [2.05, 4.69) is 34.5 Å². The summed E-state index contributed by atoms with van der Waals surface area (Å²) in [7, 11) is 0. The molecular weight excluding hydrogens is 523 g/mol. The molecule has 2 aromatic carbocycles. The molecule has 4 rings (SSSR count). The Kier molecular flexibility index (Phi) is 10.6. The molecule has 5 nitrogen and oxygen atoms in total. The van der Waals surface area contributed by atoms with E-state index in [0.29, 0.717) is 37.2 Å². The van der Waals surface area contributed by atoms with E-state index in [0.717, 1.165) is 28.7 Å². The Bertz CT molecular complexity index is 1330. The number of carbonyl (C=O) groups is 2. The van der Waals surface area contributed by atoms with E-state index in [9.17, 15) is 19.1 Å². The number of hydrogen-bond acceptors (Lipinski definition) is 4. The van der Waals surface area contributed by atoms with Gasteiger partial charge in [-0.1, -0.05) is 66.8 Å². The van der Waals surface area contributed by atoms with Crippen LogP contribution in [0.1, 0.15) is 40.7 Å². The van der Waals surface area contributed by atoms with E-state index in [-0.39, 0.29) is 17.8 Å². The van der Waals surface area contributed by atoms with Crippen molar-refractivity contribution in [1.29, 1.82) is 0 Å². The van der Waals surface area contributed by atoms with Gasteiger partial charge < -0.3 is 10.4 Å². The molecule has 210 valence electrons. The zero-order chi connectivity index (χ0) is 28.5. The summed E-state index contributed by atoms with van der Waals surface area (Å²) in [5.41, 5.74) is 4.21. The van der Waals surface area contributed by atoms with Crippen molar-refractivity contribution in [3.63, 3.8) is 0 Å². The summed E-state index contributed by atoms with van der Waals surface area (Å²) in [6, 6.07) is 12.9. The maximum absolute atomic E-state index is 14.1. The van der Waals surface area contributed by atoms with Crippen molar-refractivity contribution < 1.29 is 19.1 Å². The molecule has 7 heteroatoms. The summed E-state index contributed by atoms with van der Waals surface area (Å²) in [5.74, 6) is -0.813. The second kappa shape index (κ2) is 14.3. The largest absolute Gasteiger partial charge is 0.480 e. The average molecular weight is 561 g/mol. The predicted octanol–water partition coefficient (Wildman–Crippen LogP) is 6.71. The molecule has 0 heterocycles. The van der Waals surface area contributed by atoms with Gasteiger partial charge in [-0.25, -0.2) is 9.18 Å². The highest BCUT2D eigenvalue weighted by Gasteiger charge is 2.25. The predicted molar refractivity (Wildman–Crippen MR) is 162 cm³/mol. The number of benzene rings is 2. The quantitative estimate of drug-likeness (QED) is 0.302. The summed E-state index contributed by atoms with van der Waals surface area (Å²) in [6.07, 6.45) is 17.4. The van der Waals surface area contributed by atoms with Crippen molar-refractivity contribution in [3.05, 3.63) is 108 Å². The first-order chi connectivity index (χ1) is 19.4. The van der Waals surface area contributed by atoms with Gasteiger partial charge in [-0.05, 0) is 78.2 Å². The SMILES string of the molecule is CSCC[C@H](NC(=O)c1ccc(CN(CC2C=CC=C(F)C2)C2C=CC=CC2)cc1-c1ccccc1C)C(=O)O. The molecule has 0 aromatic heterocycles. The molecule has 0 radical (unpaired) electrons. The number of carbonyl (C=O) groups excluding carboxylic acids is 1. The number of carboxylic acids is 1. The molecule has 0 spiro atoms. The normalized spacial score (nSPS) is 18.9. The van der Waals surface area contributed by atoms with Crippen LogP contribution >= 0.6 is 11.8 Å². The number of hydrogen-bond donors (Lipinski definition) is 2. The molecule has 0 bridgehead atoms. The minimum absolute atomic E-state index is 0.0828. The fraction of sp³-hybridized carbons (Fsp3) is 0.333. The Morgan fingerprint density at radius 2 is 1.95 bits per heavy atom. The van der Waals surface area contributed by atoms with Crippen LogP contribution in [0, 0.1) is 12.8 Å². The van der Waals surface area contributed by atoms with Crippen molar-refractivity contribution in [2.75, 3.05) is 18.6 Å². The van der Waals surface area contributed by atoms with Gasteiger partial charge in [0.1, 0.15) is 11.9 Å². The number of allylic oxidation sites excluding steroid dienone is 5. The topological polar surface area (TPSA) is 69.6 Å². The van der Waals surface area contributed by atoms with Gasteiger partial charge in [0, 0.05) is 31.1 Å². The first-order valence-electron chi connectivity index (χ1n) is 13.7. The lowest BCUT2D eigenvalue weighted by Crippen LogP contribution is -2.41. The second-order valence-electron chi connectivity index (χ2n) is 10.3. The number of carboxylic acid groups (broad SMARTS) is 1. The second-order valence-corrected chi connectivity index (χ2v) is 11.3. The van der Waals surface area contributed by atoms with Crippen LogP contribution in [0.25, 0.3) is 11.1 Å². The van der Waals surface area contributed by atoms with Crippen LogP contribution in [-0.4, -0.2) is 52.5 Å². The fourth-order valence-electron chi connectivity index (χ4n) is 5.24. The van der Waals surface area contributed by atoms with Gasteiger partial charge in [0.25, 0.3) is 5.91 Å². The van der Waals surface area contributed by atoms with E-state index in [4.69, 9.17) is 0 Å². The number of rotatable bonds is 12. The molecule has 2 aromatic rings. The van der Waals surface area contributed by atoms with Crippen LogP contribution in [0.3, 0.4) is 0 Å². The lowest BCUT2D eigenvalue weighted by molar-refractivity contribution is -0.139. The van der Waals surface area contributed by atoms with Gasteiger partial charge in [0.15, 0.2) is 0 Å². The summed E-state index contributed by atoms with van der Waals surface area (Å²) in [5, 5.41) is 12.4. The highest BCUT2D eigenvalue weighted by atomic mass is 32.2. The highest BCUT2D eigenvalue weighted by molar-refractivity contribution is 7.98. The van der Waals surface area contributed by atoms with Crippen LogP contribution in [0.4, 0.5) is 4.39 Å². The Morgan fingerprint density at radius 1 is 1.12 bits per heavy atom. The lowest BCUT2D eigenvalue weighted by Gasteiger charge is -2.33. The lowest BCUT2D eigenvalue weighted by atomic mass is 9.92. The molecule has 2 aliphatic rings. The Morgan fingerprint density at radius 3 is 2.65 bits per heavy atom. The Hall–Kier alpha value is -3.42. The Labute approximate surface area is 240 Å². The smallest absolute Gasteiger partial charge is 0.326 e. The molecule has 1 amide bonds. The van der Waals surface area contributed by atoms with Crippen LogP contribution in [0.5, 0.6) is 0 Å². The van der Waals surface area contributed by atoms with Crippen LogP contribution in [0.2, 0.25) is 0 Å². The van der Waals surface area contributed by atoms with Crippen molar-refractivity contribution in [3.8, 4) is 11.1 Å². The monoisotopic (exact) mass is 560 g/mol. The number of nitrogens with zero attached hydrogens (tertiary/aromatic N) is 1. The number of aliphatic carboxylic acids is 1. The maximum Gasteiger partial charge on any atom is 0.326 e. The van der Waals surface area contributed by atoms with Crippen molar-refractivity contribution in [2.45, 2.75) is 44.8 Å². The average Bonchev–Trinajstić information content (AvgIpc) is 2.95. The van der Waals surface area contributed by atoms with E-state index >= 15 is 0 Å². The third-order valence-corrected chi connectivity index (χ3v) is 8.02. The number of nitrogens with one attached hydrogen (secondary N) is 1. The minimum atomic E-state index is -1.04. The van der Waals surface area contributed by atoms with Crippen molar-refractivity contribution in [2.24, 2.45) is 5.92 Å². The van der Waals surface area contributed by atoms with Gasteiger partial charge in [-0.15, -0.1) is 0 Å². The minimum Gasteiger partial charge on any atom is -0.480 e. The number of halogens is 1. The number of thioether (sulfide) groups is 1. The molecule has 0 saturated heterocycles. The van der Waals surface area contributed by atoms with Crippen molar-refractivity contribution in [1.82, 2.24) is 10.2 Å². The van der Waals surface area contributed by atoms with E-state index in [1.807, 2.05) is 55.7 Å². The number of amides is 1. The van der Waals surface area contributed by atoms with E-state index in [1.54, 1.807) is 23.9 Å². The van der Waals surface area contributed by atoms with E-state index < -0.39 is 17.9 Å². The summed E-state index contributed by atoms with van der Waals surface area (Å²) in [6.45, 7) is 3.34. The first kappa shape index (κ1) is 29.6. The standard InChI is InChI=1S/C33H37FN2O3S/c1-23-9-6-7-14-28(23)30-20-25(15-16-29(30)32(37)35-31(33(38)39)17-18-40-2)22-36(27-12-4-3-5-13-27)21-24-10-8-11-26(34)19-24/h3-12,14-16,20,24,27,31H,13,17-19,21-22H2,1-2H3,(H,35,37)(H,38,39)/t24?,27?,31-/m0/s1. The molecule has 0 fully saturated rings. The first-order valence-corrected chi connectivity index (χ1v) is 15.1. The molecule has 2 N–H and O–H groups in total. The van der Waals surface area contributed by atoms with E-state index in [1.165, 1.54) is 6.08 Å². The maximum atomic E-state index is 14.1. The van der Waals surface area contributed by atoms with Gasteiger partial charge in [-0.2, -0.15) is 11.8 Å². The molecule has 0 aliphatic heterocycles. The van der Waals surface area contributed by atoms with Crippen LogP contribution in [0.15, 0.2) is 90.8 Å². The zero-order valence-electron chi connectivity index (χ0n) is 23.1. The molecular formula is C33H37FN2O3S. The number of aryl methyl sites for hydroxylation is 1. The highest BCUT2D eigenvalue weighted by Crippen LogP contribution is 2.30. The van der Waals surface area contributed by atoms with Crippen molar-refractivity contribution >= 4 is 23.6 Å². The van der Waals surface area contributed by atoms with Gasteiger partial charge in [0.05, 0.1) is 0 Å². The molecule has 0 saturated carbocycles. The molecule has 2 aliphatic carbocycles. The summed E-state index contributed by atoms with van der Waals surface area (Å²) in [4.78, 5) is 27.6. The third kappa shape index (κ3) is 7.83. The summed E-state index contributed by atoms with van der Waals surface area (Å²) >= 11 is 1.55. The molecule has 40 heavy (non-hydrogen) atoms. The van der Waals surface area contributed by atoms with Gasteiger partial charge in [0.2, 0.25) is 0 Å². The molecule has 3 atom stereocenters. The van der Waals surface area contributed by atoms with Crippen LogP contribution in [-0.2, 0) is 11.3 Å². The van der Waals surface area contributed by atoms with Gasteiger partial charge >= 0.3 is 5.97 Å². The Balaban J connectivity index is 1.65. The summed E-state index contributed by atoms with van der Waals surface area (Å²) < 4.78 is 14.1. The molecule has 2 unspecified atom stereocenters. The third-order valence-electron chi connectivity index (χ3n) is 7.38. The van der Waals surface area contributed by atoms with Crippen LogP contribution < -0.4 is 5.32 Å². The zero-order valence-corrected chi connectivity index (χ0v) is 23.9. The fourth-order valence-corrected chi connectivity index (χ4v) is 5.71.